The van der Waals surface area contributed by atoms with Crippen LogP contribution in [-0.4, -0.2) is 24.9 Å². The second kappa shape index (κ2) is 7.67. The topological polar surface area (TPSA) is 58.2 Å². The maximum absolute atomic E-state index is 12.4. The molecule has 1 aromatic carbocycles. The number of rotatable bonds is 5. The highest BCUT2D eigenvalue weighted by Crippen LogP contribution is 2.29. The zero-order valence-corrected chi connectivity index (χ0v) is 13.7. The minimum absolute atomic E-state index is 0.111. The van der Waals surface area contributed by atoms with Crippen LogP contribution in [0.3, 0.4) is 0 Å². The molecule has 0 unspecified atom stereocenters. The predicted octanol–water partition coefficient (Wildman–Crippen LogP) is 3.58. The number of carbonyl (C=O) groups is 2. The van der Waals surface area contributed by atoms with Crippen molar-refractivity contribution >= 4 is 34.8 Å². The molecule has 0 bridgehead atoms. The van der Waals surface area contributed by atoms with Gasteiger partial charge >= 0.3 is 6.18 Å². The lowest BCUT2D eigenvalue weighted by Crippen LogP contribution is -2.34. The van der Waals surface area contributed by atoms with Crippen LogP contribution in [-0.2, 0) is 6.18 Å². The number of thiophene rings is 1. The van der Waals surface area contributed by atoms with Gasteiger partial charge in [0, 0.05) is 18.7 Å². The van der Waals surface area contributed by atoms with E-state index in [1.54, 1.807) is 12.1 Å². The molecule has 0 aliphatic heterocycles. The standard InChI is InChI=1S/C15H12ClF3N2O2S/c16-12-6-5-11(24-12)14(23)21-8-7-20-13(22)9-1-3-10(4-2-9)15(17,18)19/h1-6H,7-8H2,(H,20,22)(H,21,23). The predicted molar refractivity (Wildman–Crippen MR) is 85.4 cm³/mol. The van der Waals surface area contributed by atoms with Crippen LogP contribution in [0.15, 0.2) is 36.4 Å². The summed E-state index contributed by atoms with van der Waals surface area (Å²) in [7, 11) is 0. The molecule has 0 atom stereocenters. The molecule has 128 valence electrons. The quantitative estimate of drug-likeness (QED) is 0.784. The summed E-state index contributed by atoms with van der Waals surface area (Å²) in [6.45, 7) is 0.325. The van der Waals surface area contributed by atoms with E-state index in [1.165, 1.54) is 0 Å². The van der Waals surface area contributed by atoms with Crippen molar-refractivity contribution in [2.75, 3.05) is 13.1 Å². The zero-order chi connectivity index (χ0) is 17.7. The monoisotopic (exact) mass is 376 g/mol. The van der Waals surface area contributed by atoms with Gasteiger partial charge in [-0.25, -0.2) is 0 Å². The van der Waals surface area contributed by atoms with Crippen LogP contribution in [0.25, 0.3) is 0 Å². The molecule has 1 heterocycles. The average molecular weight is 377 g/mol. The summed E-state index contributed by atoms with van der Waals surface area (Å²) in [5.74, 6) is -0.826. The fraction of sp³-hybridized carbons (Fsp3) is 0.200. The maximum Gasteiger partial charge on any atom is 0.416 e. The lowest BCUT2D eigenvalue weighted by Gasteiger charge is -2.09. The van der Waals surface area contributed by atoms with Crippen molar-refractivity contribution in [3.63, 3.8) is 0 Å². The van der Waals surface area contributed by atoms with Gasteiger partial charge in [0.05, 0.1) is 14.8 Å². The van der Waals surface area contributed by atoms with Crippen molar-refractivity contribution in [3.05, 3.63) is 56.7 Å². The molecule has 0 saturated carbocycles. The van der Waals surface area contributed by atoms with Crippen LogP contribution in [0.1, 0.15) is 25.6 Å². The SMILES string of the molecule is O=C(NCCNC(=O)c1ccc(Cl)s1)c1ccc(C(F)(F)F)cc1. The molecule has 0 aliphatic rings. The number of benzene rings is 1. The average Bonchev–Trinajstić information content (AvgIpc) is 2.97. The normalized spacial score (nSPS) is 11.2. The van der Waals surface area contributed by atoms with Crippen molar-refractivity contribution < 1.29 is 22.8 Å². The van der Waals surface area contributed by atoms with Gasteiger partial charge in [0.1, 0.15) is 0 Å². The van der Waals surface area contributed by atoms with Gasteiger partial charge < -0.3 is 10.6 Å². The fourth-order valence-corrected chi connectivity index (χ4v) is 2.75. The highest BCUT2D eigenvalue weighted by Gasteiger charge is 2.30. The van der Waals surface area contributed by atoms with Crippen LogP contribution in [0, 0.1) is 0 Å². The second-order valence-electron chi connectivity index (χ2n) is 4.69. The Bertz CT molecular complexity index is 729. The number of hydrogen-bond acceptors (Lipinski definition) is 3. The first-order valence-electron chi connectivity index (χ1n) is 6.76. The lowest BCUT2D eigenvalue weighted by atomic mass is 10.1. The summed E-state index contributed by atoms with van der Waals surface area (Å²) in [6, 6.07) is 7.08. The van der Waals surface area contributed by atoms with Crippen molar-refractivity contribution in [1.82, 2.24) is 10.6 Å². The number of alkyl halides is 3. The second-order valence-corrected chi connectivity index (χ2v) is 6.41. The molecule has 0 fully saturated rings. The molecule has 2 rings (SSSR count). The highest BCUT2D eigenvalue weighted by atomic mass is 35.5. The Labute approximate surface area is 144 Å². The Hall–Kier alpha value is -2.06. The summed E-state index contributed by atoms with van der Waals surface area (Å²) < 4.78 is 37.8. The molecule has 0 saturated heterocycles. The number of carbonyl (C=O) groups excluding carboxylic acids is 2. The molecule has 2 N–H and O–H groups in total. The summed E-state index contributed by atoms with van der Waals surface area (Å²) >= 11 is 6.86. The van der Waals surface area contributed by atoms with Crippen LogP contribution in [0.4, 0.5) is 13.2 Å². The van der Waals surface area contributed by atoms with Crippen molar-refractivity contribution in [2.45, 2.75) is 6.18 Å². The smallest absolute Gasteiger partial charge is 0.350 e. The number of halogens is 4. The van der Waals surface area contributed by atoms with Crippen molar-refractivity contribution in [2.24, 2.45) is 0 Å². The van der Waals surface area contributed by atoms with Gasteiger partial charge in [-0.05, 0) is 36.4 Å². The summed E-state index contributed by atoms with van der Waals surface area (Å²) in [5, 5.41) is 5.11. The van der Waals surface area contributed by atoms with Crippen LogP contribution >= 0.6 is 22.9 Å². The van der Waals surface area contributed by atoms with Gasteiger partial charge in [-0.2, -0.15) is 13.2 Å². The Balaban J connectivity index is 1.78. The maximum atomic E-state index is 12.4. The number of nitrogens with one attached hydrogen (secondary N) is 2. The van der Waals surface area contributed by atoms with E-state index in [0.29, 0.717) is 9.21 Å². The van der Waals surface area contributed by atoms with E-state index >= 15 is 0 Å². The number of hydrogen-bond donors (Lipinski definition) is 2. The molecule has 0 spiro atoms. The summed E-state index contributed by atoms with van der Waals surface area (Å²) in [4.78, 5) is 24.0. The molecule has 9 heteroatoms. The van der Waals surface area contributed by atoms with E-state index in [9.17, 15) is 22.8 Å². The van der Waals surface area contributed by atoms with Gasteiger partial charge in [0.2, 0.25) is 0 Å². The molecular formula is C15H12ClF3N2O2S. The first-order chi connectivity index (χ1) is 11.3. The molecule has 24 heavy (non-hydrogen) atoms. The van der Waals surface area contributed by atoms with Gasteiger partial charge in [0.25, 0.3) is 11.8 Å². The van der Waals surface area contributed by atoms with Gasteiger partial charge in [-0.15, -0.1) is 11.3 Å². The minimum Gasteiger partial charge on any atom is -0.350 e. The van der Waals surface area contributed by atoms with Crippen LogP contribution < -0.4 is 10.6 Å². The largest absolute Gasteiger partial charge is 0.416 e. The minimum atomic E-state index is -4.44. The van der Waals surface area contributed by atoms with Gasteiger partial charge in [0.15, 0.2) is 0 Å². The number of amides is 2. The molecule has 0 aliphatic carbocycles. The first-order valence-corrected chi connectivity index (χ1v) is 7.96. The van der Waals surface area contributed by atoms with E-state index in [-0.39, 0.29) is 24.6 Å². The lowest BCUT2D eigenvalue weighted by molar-refractivity contribution is -0.137. The Morgan fingerprint density at radius 3 is 2.04 bits per heavy atom. The summed E-state index contributed by atoms with van der Waals surface area (Å²) in [5.41, 5.74) is -0.708. The van der Waals surface area contributed by atoms with Crippen molar-refractivity contribution in [1.29, 1.82) is 0 Å². The van der Waals surface area contributed by atoms with Crippen LogP contribution in [0.2, 0.25) is 4.34 Å². The molecule has 1 aromatic heterocycles. The highest BCUT2D eigenvalue weighted by molar-refractivity contribution is 7.17. The van der Waals surface area contributed by atoms with E-state index in [1.807, 2.05) is 0 Å². The Kier molecular flexibility index (Phi) is 5.84. The third-order valence-electron chi connectivity index (χ3n) is 2.97. The molecule has 2 amide bonds. The first kappa shape index (κ1) is 18.3. The summed E-state index contributed by atoms with van der Waals surface area (Å²) in [6.07, 6.45) is -4.44. The zero-order valence-electron chi connectivity index (χ0n) is 12.1. The molecule has 2 aromatic rings. The molecule has 0 radical (unpaired) electrons. The van der Waals surface area contributed by atoms with Crippen molar-refractivity contribution in [3.8, 4) is 0 Å². The van der Waals surface area contributed by atoms with Gasteiger partial charge in [-0.1, -0.05) is 11.6 Å². The van der Waals surface area contributed by atoms with E-state index in [0.717, 1.165) is 35.6 Å². The van der Waals surface area contributed by atoms with E-state index in [2.05, 4.69) is 10.6 Å². The molecular weight excluding hydrogens is 365 g/mol. The third-order valence-corrected chi connectivity index (χ3v) is 4.20. The van der Waals surface area contributed by atoms with Crippen LogP contribution in [0.5, 0.6) is 0 Å². The van der Waals surface area contributed by atoms with Gasteiger partial charge in [-0.3, -0.25) is 9.59 Å². The van der Waals surface area contributed by atoms with E-state index in [4.69, 9.17) is 11.6 Å². The Morgan fingerprint density at radius 2 is 1.54 bits per heavy atom. The van der Waals surface area contributed by atoms with E-state index < -0.39 is 17.6 Å². The molecule has 4 nitrogen and oxygen atoms in total. The fourth-order valence-electron chi connectivity index (χ4n) is 1.79. The Morgan fingerprint density at radius 1 is 0.958 bits per heavy atom. The third kappa shape index (κ3) is 4.97.